The molecule has 19 heavy (non-hydrogen) atoms. The standard InChI is InChI=1S/C9H15N5O4S/c10-8(15)6-18-4-3-13-19(16,17)7-1-2-9(14-11)12-5-7/h1-2,5,13H,3-4,6,11H2,(H2,10,15)(H,12,14). The normalized spacial score (nSPS) is 11.2. The molecule has 10 heteroatoms. The van der Waals surface area contributed by atoms with E-state index < -0.39 is 15.9 Å². The number of nitrogens with one attached hydrogen (secondary N) is 2. The third-order valence-corrected chi connectivity index (χ3v) is 3.42. The predicted octanol–water partition coefficient (Wildman–Crippen LogP) is -1.85. The Labute approximate surface area is 110 Å². The first-order chi connectivity index (χ1) is 8.95. The number of anilines is 1. The highest BCUT2D eigenvalue weighted by atomic mass is 32.2. The van der Waals surface area contributed by atoms with Gasteiger partial charge in [0.05, 0.1) is 6.61 Å². The van der Waals surface area contributed by atoms with Gasteiger partial charge in [-0.15, -0.1) is 0 Å². The number of nitrogens with two attached hydrogens (primary N) is 2. The molecule has 0 aliphatic rings. The van der Waals surface area contributed by atoms with Crippen molar-refractivity contribution in [3.05, 3.63) is 18.3 Å². The van der Waals surface area contributed by atoms with Crippen molar-refractivity contribution in [1.29, 1.82) is 0 Å². The number of pyridine rings is 1. The van der Waals surface area contributed by atoms with Crippen molar-refractivity contribution in [3.63, 3.8) is 0 Å². The van der Waals surface area contributed by atoms with Gasteiger partial charge in [0.15, 0.2) is 0 Å². The van der Waals surface area contributed by atoms with Crippen LogP contribution in [0.3, 0.4) is 0 Å². The van der Waals surface area contributed by atoms with Gasteiger partial charge >= 0.3 is 0 Å². The number of nitrogen functional groups attached to an aromatic ring is 1. The molecule has 6 N–H and O–H groups in total. The molecule has 1 aromatic rings. The lowest BCUT2D eigenvalue weighted by Gasteiger charge is -2.07. The van der Waals surface area contributed by atoms with Crippen LogP contribution in [0.1, 0.15) is 0 Å². The molecule has 1 heterocycles. The van der Waals surface area contributed by atoms with E-state index in [2.05, 4.69) is 15.1 Å². The van der Waals surface area contributed by atoms with Gasteiger partial charge in [-0.2, -0.15) is 0 Å². The fraction of sp³-hybridized carbons (Fsp3) is 0.333. The Morgan fingerprint density at radius 2 is 2.16 bits per heavy atom. The summed E-state index contributed by atoms with van der Waals surface area (Å²) in [4.78, 5) is 14.2. The van der Waals surface area contributed by atoms with Crippen LogP contribution in [-0.2, 0) is 19.6 Å². The van der Waals surface area contributed by atoms with Crippen molar-refractivity contribution in [2.24, 2.45) is 11.6 Å². The minimum absolute atomic E-state index is 0.00130. The van der Waals surface area contributed by atoms with E-state index in [1.807, 2.05) is 0 Å². The quantitative estimate of drug-likeness (QED) is 0.249. The summed E-state index contributed by atoms with van der Waals surface area (Å²) < 4.78 is 30.7. The zero-order valence-electron chi connectivity index (χ0n) is 10.00. The average molecular weight is 289 g/mol. The summed E-state index contributed by atoms with van der Waals surface area (Å²) in [5.74, 6) is 4.85. The second-order valence-corrected chi connectivity index (χ2v) is 5.21. The van der Waals surface area contributed by atoms with Crippen molar-refractivity contribution in [1.82, 2.24) is 9.71 Å². The van der Waals surface area contributed by atoms with Gasteiger partial charge in [-0.1, -0.05) is 0 Å². The van der Waals surface area contributed by atoms with Crippen LogP contribution in [0, 0.1) is 0 Å². The number of rotatable bonds is 8. The van der Waals surface area contributed by atoms with E-state index >= 15 is 0 Å². The van der Waals surface area contributed by atoms with Crippen molar-refractivity contribution < 1.29 is 17.9 Å². The summed E-state index contributed by atoms with van der Waals surface area (Å²) in [5.41, 5.74) is 7.14. The summed E-state index contributed by atoms with van der Waals surface area (Å²) in [6, 6.07) is 2.78. The maximum absolute atomic E-state index is 11.8. The maximum atomic E-state index is 11.8. The van der Waals surface area contributed by atoms with Crippen LogP contribution < -0.4 is 21.7 Å². The topological polar surface area (TPSA) is 149 Å². The number of sulfonamides is 1. The monoisotopic (exact) mass is 289 g/mol. The molecule has 106 valence electrons. The van der Waals surface area contributed by atoms with Crippen molar-refractivity contribution in [2.75, 3.05) is 25.2 Å². The van der Waals surface area contributed by atoms with Crippen LogP contribution in [0.5, 0.6) is 0 Å². The van der Waals surface area contributed by atoms with Crippen molar-refractivity contribution in [2.45, 2.75) is 4.90 Å². The Kier molecular flexibility index (Phi) is 5.63. The second-order valence-electron chi connectivity index (χ2n) is 3.44. The summed E-state index contributed by atoms with van der Waals surface area (Å²) in [6.07, 6.45) is 1.17. The first kappa shape index (κ1) is 15.3. The first-order valence-corrected chi connectivity index (χ1v) is 6.72. The van der Waals surface area contributed by atoms with Gasteiger partial charge in [-0.3, -0.25) is 4.79 Å². The lowest BCUT2D eigenvalue weighted by atomic mass is 10.5. The number of aromatic nitrogens is 1. The molecule has 0 bridgehead atoms. The Morgan fingerprint density at radius 3 is 2.68 bits per heavy atom. The second kappa shape index (κ2) is 6.99. The average Bonchev–Trinajstić information content (AvgIpc) is 2.38. The van der Waals surface area contributed by atoms with Gasteiger partial charge in [-0.25, -0.2) is 24.0 Å². The number of nitrogens with zero attached hydrogens (tertiary/aromatic N) is 1. The van der Waals surface area contributed by atoms with E-state index in [0.717, 1.165) is 0 Å². The Bertz CT molecular complexity index is 516. The number of primary amides is 1. The molecular formula is C9H15N5O4S. The molecule has 0 atom stereocenters. The van der Waals surface area contributed by atoms with E-state index in [-0.39, 0.29) is 24.7 Å². The Balaban J connectivity index is 2.48. The maximum Gasteiger partial charge on any atom is 0.243 e. The fourth-order valence-corrected chi connectivity index (χ4v) is 2.09. The van der Waals surface area contributed by atoms with Crippen LogP contribution in [0.4, 0.5) is 5.82 Å². The molecule has 0 spiro atoms. The molecule has 0 aliphatic heterocycles. The number of hydrazine groups is 1. The largest absolute Gasteiger partial charge is 0.370 e. The van der Waals surface area contributed by atoms with Crippen LogP contribution in [0.2, 0.25) is 0 Å². The molecule has 1 amide bonds. The van der Waals surface area contributed by atoms with E-state index in [0.29, 0.717) is 5.82 Å². The summed E-state index contributed by atoms with van der Waals surface area (Å²) in [6.45, 7) is -0.190. The molecule has 0 radical (unpaired) electrons. The van der Waals surface area contributed by atoms with E-state index in [1.165, 1.54) is 18.3 Å². The van der Waals surface area contributed by atoms with Crippen molar-refractivity contribution in [3.8, 4) is 0 Å². The zero-order chi connectivity index (χ0) is 14.3. The highest BCUT2D eigenvalue weighted by Gasteiger charge is 2.13. The minimum Gasteiger partial charge on any atom is -0.370 e. The molecule has 0 fully saturated rings. The molecule has 1 rings (SSSR count). The summed E-state index contributed by atoms with van der Waals surface area (Å²) in [7, 11) is -3.66. The predicted molar refractivity (Wildman–Crippen MR) is 67.2 cm³/mol. The fourth-order valence-electron chi connectivity index (χ4n) is 1.13. The number of carbonyl (C=O) groups excluding carboxylic acids is 1. The molecule has 1 aromatic heterocycles. The zero-order valence-corrected chi connectivity index (χ0v) is 10.8. The van der Waals surface area contributed by atoms with Gasteiger partial charge in [0.1, 0.15) is 17.3 Å². The SMILES string of the molecule is NNc1ccc(S(=O)(=O)NCCOCC(N)=O)cn1. The van der Waals surface area contributed by atoms with Gasteiger partial charge in [0.25, 0.3) is 0 Å². The van der Waals surface area contributed by atoms with Gasteiger partial charge < -0.3 is 15.9 Å². The lowest BCUT2D eigenvalue weighted by Crippen LogP contribution is -2.29. The number of ether oxygens (including phenoxy) is 1. The highest BCUT2D eigenvalue weighted by Crippen LogP contribution is 2.09. The summed E-state index contributed by atoms with van der Waals surface area (Å²) in [5, 5.41) is 0. The molecule has 0 aromatic carbocycles. The Hall–Kier alpha value is -1.75. The van der Waals surface area contributed by atoms with Crippen LogP contribution >= 0.6 is 0 Å². The van der Waals surface area contributed by atoms with Crippen LogP contribution in [0.15, 0.2) is 23.2 Å². The van der Waals surface area contributed by atoms with E-state index in [4.69, 9.17) is 16.3 Å². The number of amides is 1. The van der Waals surface area contributed by atoms with Gasteiger partial charge in [0, 0.05) is 12.7 Å². The highest BCUT2D eigenvalue weighted by molar-refractivity contribution is 7.89. The van der Waals surface area contributed by atoms with Crippen LogP contribution in [0.25, 0.3) is 0 Å². The number of hydrogen-bond donors (Lipinski definition) is 4. The molecule has 0 aliphatic carbocycles. The molecule has 9 nitrogen and oxygen atoms in total. The molecule has 0 unspecified atom stereocenters. The molecular weight excluding hydrogens is 274 g/mol. The first-order valence-electron chi connectivity index (χ1n) is 5.24. The van der Waals surface area contributed by atoms with Gasteiger partial charge in [0.2, 0.25) is 15.9 Å². The molecule has 0 saturated carbocycles. The van der Waals surface area contributed by atoms with Crippen molar-refractivity contribution >= 4 is 21.7 Å². The van der Waals surface area contributed by atoms with Gasteiger partial charge in [-0.05, 0) is 12.1 Å². The van der Waals surface area contributed by atoms with Crippen LogP contribution in [-0.4, -0.2) is 39.1 Å². The smallest absolute Gasteiger partial charge is 0.243 e. The van der Waals surface area contributed by atoms with E-state index in [9.17, 15) is 13.2 Å². The molecule has 0 saturated heterocycles. The summed E-state index contributed by atoms with van der Waals surface area (Å²) >= 11 is 0. The number of carbonyl (C=O) groups is 1. The number of hydrogen-bond acceptors (Lipinski definition) is 7. The lowest BCUT2D eigenvalue weighted by molar-refractivity contribution is -0.122. The minimum atomic E-state index is -3.66. The third-order valence-electron chi connectivity index (χ3n) is 1.98. The third kappa shape index (κ3) is 5.18. The Morgan fingerprint density at radius 1 is 1.42 bits per heavy atom. The van der Waals surface area contributed by atoms with E-state index in [1.54, 1.807) is 0 Å².